The Balaban J connectivity index is 2.22. The Morgan fingerprint density at radius 2 is 2.05 bits per heavy atom. The topological polar surface area (TPSA) is 15.3 Å². The van der Waals surface area contributed by atoms with Crippen molar-refractivity contribution < 1.29 is 4.39 Å². The van der Waals surface area contributed by atoms with Crippen LogP contribution in [0.5, 0.6) is 0 Å². The van der Waals surface area contributed by atoms with E-state index in [1.54, 1.807) is 0 Å². The van der Waals surface area contributed by atoms with Crippen molar-refractivity contribution in [3.05, 3.63) is 28.0 Å². The first-order valence-electron chi connectivity index (χ1n) is 6.65. The monoisotopic (exact) mass is 304 g/mol. The van der Waals surface area contributed by atoms with E-state index in [9.17, 15) is 4.39 Å². The second-order valence-electron chi connectivity index (χ2n) is 5.11. The Labute approximate surface area is 123 Å². The van der Waals surface area contributed by atoms with Crippen molar-refractivity contribution in [3.63, 3.8) is 0 Å². The second-order valence-corrected chi connectivity index (χ2v) is 5.92. The number of hydrogen-bond acceptors (Lipinski definition) is 2. The van der Waals surface area contributed by atoms with Gasteiger partial charge in [-0.2, -0.15) is 0 Å². The normalized spacial score (nSPS) is 21.5. The number of piperazine rings is 1. The van der Waals surface area contributed by atoms with Crippen molar-refractivity contribution in [2.45, 2.75) is 26.3 Å². The first kappa shape index (κ1) is 14.9. The van der Waals surface area contributed by atoms with Gasteiger partial charge >= 0.3 is 0 Å². The van der Waals surface area contributed by atoms with Gasteiger partial charge in [-0.25, -0.2) is 4.39 Å². The van der Waals surface area contributed by atoms with Gasteiger partial charge < -0.3 is 10.2 Å². The molecule has 0 aromatic heterocycles. The van der Waals surface area contributed by atoms with E-state index in [2.05, 4.69) is 24.1 Å². The molecular formula is C14H19Cl2FN2. The van der Waals surface area contributed by atoms with Crippen molar-refractivity contribution in [3.8, 4) is 0 Å². The molecule has 1 heterocycles. The average Bonchev–Trinajstić information content (AvgIpc) is 2.37. The lowest BCUT2D eigenvalue weighted by Crippen LogP contribution is -2.53. The van der Waals surface area contributed by atoms with Gasteiger partial charge in [-0.1, -0.05) is 43.5 Å². The molecule has 19 heavy (non-hydrogen) atoms. The van der Waals surface area contributed by atoms with Gasteiger partial charge in [0.05, 0.1) is 15.7 Å². The Morgan fingerprint density at radius 3 is 2.63 bits per heavy atom. The minimum Gasteiger partial charge on any atom is -0.366 e. The highest BCUT2D eigenvalue weighted by atomic mass is 35.5. The quantitative estimate of drug-likeness (QED) is 0.909. The van der Waals surface area contributed by atoms with E-state index in [4.69, 9.17) is 23.2 Å². The minimum atomic E-state index is -0.396. The van der Waals surface area contributed by atoms with Crippen LogP contribution in [0.3, 0.4) is 0 Å². The second kappa shape index (κ2) is 6.29. The smallest absolute Gasteiger partial charge is 0.126 e. The van der Waals surface area contributed by atoms with Gasteiger partial charge in [0.25, 0.3) is 0 Å². The fraction of sp³-hybridized carbons (Fsp3) is 0.571. The number of nitrogens with zero attached hydrogens (tertiary/aromatic N) is 1. The standard InChI is InChI=1S/C14H19Cl2FN2/c1-3-9(2)13-8-19(5-4-18-13)14-11(15)6-10(17)7-12(14)16/h6-7,9,13,18H,3-5,8H2,1-2H3. The summed E-state index contributed by atoms with van der Waals surface area (Å²) in [6, 6.07) is 3.06. The van der Waals surface area contributed by atoms with E-state index in [0.717, 1.165) is 31.7 Å². The van der Waals surface area contributed by atoms with Crippen LogP contribution in [0, 0.1) is 11.7 Å². The molecule has 0 aliphatic carbocycles. The molecule has 0 radical (unpaired) electrons. The highest BCUT2D eigenvalue weighted by molar-refractivity contribution is 6.39. The zero-order chi connectivity index (χ0) is 14.0. The zero-order valence-electron chi connectivity index (χ0n) is 11.2. The molecule has 1 aromatic carbocycles. The highest BCUT2D eigenvalue weighted by Crippen LogP contribution is 2.35. The van der Waals surface area contributed by atoms with E-state index in [-0.39, 0.29) is 0 Å². The van der Waals surface area contributed by atoms with Crippen LogP contribution in [0.15, 0.2) is 12.1 Å². The van der Waals surface area contributed by atoms with Gasteiger partial charge in [0.15, 0.2) is 0 Å². The van der Waals surface area contributed by atoms with E-state index >= 15 is 0 Å². The molecule has 1 fully saturated rings. The lowest BCUT2D eigenvalue weighted by molar-refractivity contribution is 0.342. The number of anilines is 1. The summed E-state index contributed by atoms with van der Waals surface area (Å²) in [4.78, 5) is 2.15. The number of benzene rings is 1. The Morgan fingerprint density at radius 1 is 1.42 bits per heavy atom. The third-order valence-corrected chi connectivity index (χ3v) is 4.41. The zero-order valence-corrected chi connectivity index (χ0v) is 12.7. The van der Waals surface area contributed by atoms with Gasteiger partial charge in [-0.15, -0.1) is 0 Å². The fourth-order valence-electron chi connectivity index (χ4n) is 2.48. The summed E-state index contributed by atoms with van der Waals surface area (Å²) in [6.45, 7) is 6.98. The van der Waals surface area contributed by atoms with Crippen LogP contribution >= 0.6 is 23.2 Å². The van der Waals surface area contributed by atoms with E-state index in [0.29, 0.717) is 22.0 Å². The predicted molar refractivity (Wildman–Crippen MR) is 79.9 cm³/mol. The number of nitrogens with one attached hydrogen (secondary N) is 1. The van der Waals surface area contributed by atoms with E-state index in [1.165, 1.54) is 12.1 Å². The Bertz CT molecular complexity index is 430. The molecule has 0 bridgehead atoms. The summed E-state index contributed by atoms with van der Waals surface area (Å²) in [5.41, 5.74) is 0.750. The molecule has 1 aliphatic heterocycles. The summed E-state index contributed by atoms with van der Waals surface area (Å²) in [5.74, 6) is 0.188. The maximum Gasteiger partial charge on any atom is 0.126 e. The molecule has 2 unspecified atom stereocenters. The molecule has 1 aromatic rings. The minimum absolute atomic E-state index is 0.384. The third-order valence-electron chi connectivity index (χ3n) is 3.83. The summed E-state index contributed by atoms with van der Waals surface area (Å²) < 4.78 is 13.2. The van der Waals surface area contributed by atoms with Crippen molar-refractivity contribution >= 4 is 28.9 Å². The molecule has 1 saturated heterocycles. The summed E-state index contributed by atoms with van der Waals surface area (Å²) in [6.07, 6.45) is 1.12. The van der Waals surface area contributed by atoms with Crippen LogP contribution in [0.1, 0.15) is 20.3 Å². The molecule has 2 nitrogen and oxygen atoms in total. The van der Waals surface area contributed by atoms with Gasteiger partial charge in [-0.05, 0) is 18.1 Å². The number of halogens is 3. The summed E-state index contributed by atoms with van der Waals surface area (Å²) in [7, 11) is 0. The molecule has 0 spiro atoms. The molecular weight excluding hydrogens is 286 g/mol. The maximum atomic E-state index is 13.2. The van der Waals surface area contributed by atoms with Crippen molar-refractivity contribution in [1.82, 2.24) is 5.32 Å². The largest absolute Gasteiger partial charge is 0.366 e. The molecule has 5 heteroatoms. The lowest BCUT2D eigenvalue weighted by atomic mass is 9.97. The average molecular weight is 305 g/mol. The van der Waals surface area contributed by atoms with Crippen LogP contribution in [-0.2, 0) is 0 Å². The molecule has 1 N–H and O–H groups in total. The Kier molecular flexibility index (Phi) is 4.93. The number of hydrogen-bond donors (Lipinski definition) is 1. The maximum absolute atomic E-state index is 13.2. The molecule has 1 aliphatic rings. The molecule has 2 atom stereocenters. The van der Waals surface area contributed by atoms with Crippen molar-refractivity contribution in [1.29, 1.82) is 0 Å². The van der Waals surface area contributed by atoms with Crippen LogP contribution < -0.4 is 10.2 Å². The van der Waals surface area contributed by atoms with Crippen LogP contribution in [-0.4, -0.2) is 25.7 Å². The third kappa shape index (κ3) is 3.33. The molecule has 0 amide bonds. The Hall–Kier alpha value is -0.510. The number of rotatable bonds is 3. The summed E-state index contributed by atoms with van der Waals surface area (Å²) >= 11 is 12.3. The van der Waals surface area contributed by atoms with Crippen LogP contribution in [0.2, 0.25) is 10.0 Å². The first-order valence-corrected chi connectivity index (χ1v) is 7.41. The van der Waals surface area contributed by atoms with E-state index < -0.39 is 5.82 Å². The van der Waals surface area contributed by atoms with Crippen molar-refractivity contribution in [2.75, 3.05) is 24.5 Å². The van der Waals surface area contributed by atoms with Gasteiger partial charge in [0, 0.05) is 25.7 Å². The fourth-order valence-corrected chi connectivity index (χ4v) is 3.18. The van der Waals surface area contributed by atoms with E-state index in [1.807, 2.05) is 0 Å². The highest BCUT2D eigenvalue weighted by Gasteiger charge is 2.26. The SMILES string of the molecule is CCC(C)C1CN(c2c(Cl)cc(F)cc2Cl)CCN1. The molecule has 106 valence electrons. The van der Waals surface area contributed by atoms with Crippen LogP contribution in [0.25, 0.3) is 0 Å². The van der Waals surface area contributed by atoms with Gasteiger partial charge in [0.2, 0.25) is 0 Å². The predicted octanol–water partition coefficient (Wildman–Crippen LogP) is 3.96. The van der Waals surface area contributed by atoms with Gasteiger partial charge in [-0.3, -0.25) is 0 Å². The van der Waals surface area contributed by atoms with Crippen LogP contribution in [0.4, 0.5) is 10.1 Å². The van der Waals surface area contributed by atoms with Gasteiger partial charge in [0.1, 0.15) is 5.82 Å². The molecule has 2 rings (SSSR count). The lowest BCUT2D eigenvalue weighted by Gasteiger charge is -2.38. The van der Waals surface area contributed by atoms with Crippen molar-refractivity contribution in [2.24, 2.45) is 5.92 Å². The summed E-state index contributed by atoms with van der Waals surface area (Å²) in [5, 5.41) is 4.29. The molecule has 0 saturated carbocycles. The first-order chi connectivity index (χ1) is 9.02.